The van der Waals surface area contributed by atoms with Gasteiger partial charge in [0, 0.05) is 29.5 Å². The summed E-state index contributed by atoms with van der Waals surface area (Å²) in [7, 11) is 1.52. The summed E-state index contributed by atoms with van der Waals surface area (Å²) in [6.07, 6.45) is 6.16. The summed E-state index contributed by atoms with van der Waals surface area (Å²) in [4.78, 5) is 12.2. The van der Waals surface area contributed by atoms with Crippen molar-refractivity contribution in [3.05, 3.63) is 18.0 Å². The molecule has 0 atom stereocenters. The van der Waals surface area contributed by atoms with Gasteiger partial charge in [-0.25, -0.2) is 8.42 Å². The Kier molecular flexibility index (Phi) is 4.99. The second-order valence-electron chi connectivity index (χ2n) is 5.84. The molecule has 0 saturated heterocycles. The van der Waals surface area contributed by atoms with E-state index in [4.69, 9.17) is 10.7 Å². The number of aromatic nitrogens is 1. The second kappa shape index (κ2) is 6.40. The van der Waals surface area contributed by atoms with Crippen LogP contribution in [-0.2, 0) is 9.05 Å². The van der Waals surface area contributed by atoms with Gasteiger partial charge in [-0.3, -0.25) is 4.79 Å². The molecule has 1 aromatic rings. The average Bonchev–Trinajstić information content (AvgIpc) is 2.76. The van der Waals surface area contributed by atoms with Gasteiger partial charge in [0.15, 0.2) is 0 Å². The third-order valence-corrected chi connectivity index (χ3v) is 5.28. The van der Waals surface area contributed by atoms with Gasteiger partial charge in [0.1, 0.15) is 10.6 Å². The molecule has 1 aliphatic carbocycles. The molecule has 1 fully saturated rings. The van der Waals surface area contributed by atoms with Crippen LogP contribution in [0, 0.1) is 5.92 Å². The third-order valence-electron chi connectivity index (χ3n) is 3.96. The van der Waals surface area contributed by atoms with Crippen LogP contribution < -0.4 is 5.32 Å². The summed E-state index contributed by atoms with van der Waals surface area (Å²) >= 11 is 0. The van der Waals surface area contributed by atoms with E-state index >= 15 is 0 Å². The van der Waals surface area contributed by atoms with Crippen molar-refractivity contribution in [2.75, 3.05) is 6.54 Å². The highest BCUT2D eigenvalue weighted by Crippen LogP contribution is 2.28. The SMILES string of the molecule is CC(C)n1cc(S(=O)(=O)Cl)cc1C(=O)NCCC1CCC1. The monoisotopic (exact) mass is 332 g/mol. The molecule has 5 nitrogen and oxygen atoms in total. The van der Waals surface area contributed by atoms with Gasteiger partial charge in [-0.2, -0.15) is 0 Å². The summed E-state index contributed by atoms with van der Waals surface area (Å²) in [5, 5.41) is 2.86. The predicted molar refractivity (Wildman–Crippen MR) is 82.1 cm³/mol. The van der Waals surface area contributed by atoms with E-state index in [2.05, 4.69) is 5.32 Å². The molecule has 1 N–H and O–H groups in total. The fourth-order valence-electron chi connectivity index (χ4n) is 2.46. The van der Waals surface area contributed by atoms with Crippen LogP contribution in [0.25, 0.3) is 0 Å². The van der Waals surface area contributed by atoms with Gasteiger partial charge in [-0.1, -0.05) is 19.3 Å². The minimum atomic E-state index is -3.83. The second-order valence-corrected chi connectivity index (χ2v) is 8.41. The van der Waals surface area contributed by atoms with Crippen molar-refractivity contribution >= 4 is 25.6 Å². The van der Waals surface area contributed by atoms with E-state index < -0.39 is 9.05 Å². The molecule has 7 heteroatoms. The highest BCUT2D eigenvalue weighted by Gasteiger charge is 2.22. The molecule has 0 aromatic carbocycles. The molecule has 0 bridgehead atoms. The zero-order valence-electron chi connectivity index (χ0n) is 12.3. The number of nitrogens with one attached hydrogen (secondary N) is 1. The normalized spacial score (nSPS) is 16.0. The summed E-state index contributed by atoms with van der Waals surface area (Å²) in [6, 6.07) is 1.31. The lowest BCUT2D eigenvalue weighted by Crippen LogP contribution is -2.29. The number of hydrogen-bond acceptors (Lipinski definition) is 3. The quantitative estimate of drug-likeness (QED) is 0.814. The largest absolute Gasteiger partial charge is 0.351 e. The van der Waals surface area contributed by atoms with E-state index in [1.807, 2.05) is 13.8 Å². The van der Waals surface area contributed by atoms with Crippen LogP contribution in [0.3, 0.4) is 0 Å². The first-order valence-electron chi connectivity index (χ1n) is 7.23. The average molecular weight is 333 g/mol. The summed E-state index contributed by atoms with van der Waals surface area (Å²) in [5.74, 6) is 0.468. The van der Waals surface area contributed by atoms with Crippen LogP contribution in [-0.4, -0.2) is 25.4 Å². The lowest BCUT2D eigenvalue weighted by molar-refractivity contribution is 0.0938. The smallest absolute Gasteiger partial charge is 0.267 e. The van der Waals surface area contributed by atoms with Crippen molar-refractivity contribution in [3.63, 3.8) is 0 Å². The van der Waals surface area contributed by atoms with Gasteiger partial charge < -0.3 is 9.88 Å². The highest BCUT2D eigenvalue weighted by molar-refractivity contribution is 8.13. The maximum Gasteiger partial charge on any atom is 0.267 e. The molecule has 2 rings (SSSR count). The minimum Gasteiger partial charge on any atom is -0.351 e. The molecule has 0 spiro atoms. The number of carbonyl (C=O) groups is 1. The van der Waals surface area contributed by atoms with E-state index in [9.17, 15) is 13.2 Å². The van der Waals surface area contributed by atoms with Gasteiger partial charge in [0.05, 0.1) is 0 Å². The van der Waals surface area contributed by atoms with Crippen LogP contribution in [0.1, 0.15) is 56.1 Å². The van der Waals surface area contributed by atoms with Crippen molar-refractivity contribution in [2.24, 2.45) is 5.92 Å². The first-order valence-corrected chi connectivity index (χ1v) is 9.54. The molecular formula is C14H21ClN2O3S. The van der Waals surface area contributed by atoms with Crippen molar-refractivity contribution < 1.29 is 13.2 Å². The molecule has 0 aliphatic heterocycles. The van der Waals surface area contributed by atoms with Crippen LogP contribution >= 0.6 is 10.7 Å². The number of halogens is 1. The Bertz CT molecular complexity index is 618. The van der Waals surface area contributed by atoms with Crippen LogP contribution in [0.5, 0.6) is 0 Å². The number of carbonyl (C=O) groups excluding carboxylic acids is 1. The van der Waals surface area contributed by atoms with Gasteiger partial charge in [-0.15, -0.1) is 0 Å². The minimum absolute atomic E-state index is 0.0236. The van der Waals surface area contributed by atoms with E-state index in [1.165, 1.54) is 31.5 Å². The fraction of sp³-hybridized carbons (Fsp3) is 0.643. The lowest BCUT2D eigenvalue weighted by Gasteiger charge is -2.25. The Hall–Kier alpha value is -1.01. The Labute approximate surface area is 130 Å². The highest BCUT2D eigenvalue weighted by atomic mass is 35.7. The molecule has 0 radical (unpaired) electrons. The molecule has 1 amide bonds. The summed E-state index contributed by atoms with van der Waals surface area (Å²) in [5.41, 5.74) is 0.331. The lowest BCUT2D eigenvalue weighted by atomic mass is 9.83. The predicted octanol–water partition coefficient (Wildman–Crippen LogP) is 2.92. The number of amides is 1. The Morgan fingerprint density at radius 3 is 2.62 bits per heavy atom. The molecule has 0 unspecified atom stereocenters. The van der Waals surface area contributed by atoms with Crippen LogP contribution in [0.4, 0.5) is 0 Å². The maximum atomic E-state index is 12.2. The fourth-order valence-corrected chi connectivity index (χ4v) is 3.20. The molecule has 1 heterocycles. The van der Waals surface area contributed by atoms with Gasteiger partial charge in [-0.05, 0) is 32.3 Å². The molecule has 118 valence electrons. The van der Waals surface area contributed by atoms with Gasteiger partial charge in [0.2, 0.25) is 0 Å². The Morgan fingerprint density at radius 1 is 1.48 bits per heavy atom. The molecule has 1 aromatic heterocycles. The van der Waals surface area contributed by atoms with E-state index in [0.29, 0.717) is 12.2 Å². The van der Waals surface area contributed by atoms with Gasteiger partial charge >= 0.3 is 0 Å². The first-order chi connectivity index (χ1) is 9.79. The number of rotatable bonds is 6. The molecular weight excluding hydrogens is 312 g/mol. The van der Waals surface area contributed by atoms with E-state index in [1.54, 1.807) is 4.57 Å². The maximum absolute atomic E-state index is 12.2. The van der Waals surface area contributed by atoms with Crippen molar-refractivity contribution in [1.29, 1.82) is 0 Å². The molecule has 1 saturated carbocycles. The molecule has 1 aliphatic rings. The van der Waals surface area contributed by atoms with Crippen molar-refractivity contribution in [2.45, 2.75) is 50.5 Å². The first kappa shape index (κ1) is 16.4. The van der Waals surface area contributed by atoms with Crippen LogP contribution in [0.2, 0.25) is 0 Å². The van der Waals surface area contributed by atoms with Crippen molar-refractivity contribution in [3.8, 4) is 0 Å². The summed E-state index contributed by atoms with van der Waals surface area (Å²) < 4.78 is 24.5. The standard InChI is InChI=1S/C14H21ClN2O3S/c1-10(2)17-9-12(21(15,19)20)8-13(17)14(18)16-7-6-11-4-3-5-11/h8-11H,3-7H2,1-2H3,(H,16,18). The Balaban J connectivity index is 2.09. The van der Waals surface area contributed by atoms with Crippen molar-refractivity contribution in [1.82, 2.24) is 9.88 Å². The topological polar surface area (TPSA) is 68.2 Å². The van der Waals surface area contributed by atoms with Gasteiger partial charge in [0.25, 0.3) is 15.0 Å². The Morgan fingerprint density at radius 2 is 2.14 bits per heavy atom. The third kappa shape index (κ3) is 4.01. The summed E-state index contributed by atoms with van der Waals surface area (Å²) in [6.45, 7) is 4.39. The van der Waals surface area contributed by atoms with E-state index in [-0.39, 0.29) is 16.8 Å². The van der Waals surface area contributed by atoms with E-state index in [0.717, 1.165) is 12.3 Å². The zero-order chi connectivity index (χ0) is 15.6. The molecule has 21 heavy (non-hydrogen) atoms. The van der Waals surface area contributed by atoms with Crippen LogP contribution in [0.15, 0.2) is 17.2 Å². The number of hydrogen-bond donors (Lipinski definition) is 1. The number of nitrogens with zero attached hydrogens (tertiary/aromatic N) is 1. The zero-order valence-corrected chi connectivity index (χ0v) is 13.9.